The highest BCUT2D eigenvalue weighted by Crippen LogP contribution is 2.24. The second-order valence-corrected chi connectivity index (χ2v) is 3.86. The zero-order valence-electron chi connectivity index (χ0n) is 8.85. The van der Waals surface area contributed by atoms with Crippen LogP contribution < -0.4 is 4.74 Å². The van der Waals surface area contributed by atoms with Crippen molar-refractivity contribution in [1.82, 2.24) is 4.90 Å². The average molecular weight is 207 g/mol. The van der Waals surface area contributed by atoms with Crippen molar-refractivity contribution in [3.05, 3.63) is 24.3 Å². The lowest BCUT2D eigenvalue weighted by Crippen LogP contribution is -2.25. The predicted octanol–water partition coefficient (Wildman–Crippen LogP) is 1.87. The maximum absolute atomic E-state index is 9.46. The van der Waals surface area contributed by atoms with Crippen LogP contribution in [0.3, 0.4) is 0 Å². The summed E-state index contributed by atoms with van der Waals surface area (Å²) in [6.45, 7) is 3.97. The van der Waals surface area contributed by atoms with Gasteiger partial charge in [-0.05, 0) is 38.1 Å². The van der Waals surface area contributed by atoms with E-state index in [1.807, 2.05) is 6.07 Å². The first kappa shape index (κ1) is 10.3. The highest BCUT2D eigenvalue weighted by Gasteiger charge is 2.11. The van der Waals surface area contributed by atoms with Crippen LogP contribution in [0.15, 0.2) is 24.3 Å². The van der Waals surface area contributed by atoms with Gasteiger partial charge in [0, 0.05) is 6.54 Å². The highest BCUT2D eigenvalue weighted by molar-refractivity contribution is 5.37. The highest BCUT2D eigenvalue weighted by atomic mass is 16.5. The molecule has 0 aromatic heterocycles. The summed E-state index contributed by atoms with van der Waals surface area (Å²) < 4.78 is 5.51. The largest absolute Gasteiger partial charge is 0.504 e. The zero-order valence-corrected chi connectivity index (χ0v) is 8.85. The molecular formula is C12H17NO2. The van der Waals surface area contributed by atoms with Crippen LogP contribution in [0.2, 0.25) is 0 Å². The third-order valence-corrected chi connectivity index (χ3v) is 2.73. The fourth-order valence-corrected chi connectivity index (χ4v) is 1.87. The van der Waals surface area contributed by atoms with E-state index >= 15 is 0 Å². The third kappa shape index (κ3) is 2.86. The van der Waals surface area contributed by atoms with E-state index in [9.17, 15) is 5.11 Å². The monoisotopic (exact) mass is 207 g/mol. The van der Waals surface area contributed by atoms with Gasteiger partial charge in [0.05, 0.1) is 0 Å². The van der Waals surface area contributed by atoms with E-state index < -0.39 is 0 Å². The minimum absolute atomic E-state index is 0.221. The third-order valence-electron chi connectivity index (χ3n) is 2.73. The van der Waals surface area contributed by atoms with Gasteiger partial charge in [0.15, 0.2) is 11.5 Å². The number of hydrogen-bond donors (Lipinski definition) is 1. The van der Waals surface area contributed by atoms with Crippen LogP contribution in [0.1, 0.15) is 12.8 Å². The molecule has 3 nitrogen and oxygen atoms in total. The normalized spacial score (nSPS) is 16.8. The average Bonchev–Trinajstić information content (AvgIpc) is 2.74. The summed E-state index contributed by atoms with van der Waals surface area (Å²) in [5.74, 6) is 0.801. The van der Waals surface area contributed by atoms with Gasteiger partial charge < -0.3 is 9.84 Å². The summed E-state index contributed by atoms with van der Waals surface area (Å²) in [6.07, 6.45) is 2.60. The molecule has 3 heteroatoms. The Hall–Kier alpha value is -1.22. The van der Waals surface area contributed by atoms with Gasteiger partial charge in [0.1, 0.15) is 6.61 Å². The van der Waals surface area contributed by atoms with Crippen molar-refractivity contribution < 1.29 is 9.84 Å². The first-order valence-corrected chi connectivity index (χ1v) is 5.49. The van der Waals surface area contributed by atoms with Crippen LogP contribution in [0.5, 0.6) is 11.5 Å². The molecule has 1 N–H and O–H groups in total. The van der Waals surface area contributed by atoms with Crippen molar-refractivity contribution >= 4 is 0 Å². The maximum Gasteiger partial charge on any atom is 0.160 e. The lowest BCUT2D eigenvalue weighted by Gasteiger charge is -2.15. The quantitative estimate of drug-likeness (QED) is 0.818. The van der Waals surface area contributed by atoms with E-state index in [2.05, 4.69) is 4.90 Å². The van der Waals surface area contributed by atoms with Gasteiger partial charge in [-0.3, -0.25) is 4.90 Å². The number of phenolic OH excluding ortho intramolecular Hbond substituents is 1. The Balaban J connectivity index is 1.75. The molecule has 1 heterocycles. The van der Waals surface area contributed by atoms with Crippen molar-refractivity contribution in [1.29, 1.82) is 0 Å². The van der Waals surface area contributed by atoms with Gasteiger partial charge in [-0.25, -0.2) is 0 Å². The first-order chi connectivity index (χ1) is 7.36. The molecule has 1 saturated heterocycles. The molecule has 0 bridgehead atoms. The molecule has 0 unspecified atom stereocenters. The Morgan fingerprint density at radius 3 is 2.67 bits per heavy atom. The predicted molar refractivity (Wildman–Crippen MR) is 59.3 cm³/mol. The Labute approximate surface area is 90.3 Å². The van der Waals surface area contributed by atoms with E-state index in [-0.39, 0.29) is 5.75 Å². The number of likely N-dealkylation sites (tertiary alicyclic amines) is 1. The van der Waals surface area contributed by atoms with E-state index in [4.69, 9.17) is 4.74 Å². The van der Waals surface area contributed by atoms with Crippen LogP contribution in [0, 0.1) is 0 Å². The molecule has 0 amide bonds. The van der Waals surface area contributed by atoms with Gasteiger partial charge in [-0.1, -0.05) is 12.1 Å². The second kappa shape index (κ2) is 5.03. The smallest absolute Gasteiger partial charge is 0.160 e. The van der Waals surface area contributed by atoms with E-state index in [1.54, 1.807) is 18.2 Å². The van der Waals surface area contributed by atoms with Crippen molar-refractivity contribution in [2.45, 2.75) is 12.8 Å². The van der Waals surface area contributed by atoms with Gasteiger partial charge in [0.25, 0.3) is 0 Å². The molecule has 0 saturated carbocycles. The molecule has 2 rings (SSSR count). The molecule has 1 fully saturated rings. The minimum atomic E-state index is 0.221. The molecule has 82 valence electrons. The van der Waals surface area contributed by atoms with E-state index in [0.29, 0.717) is 12.4 Å². The fourth-order valence-electron chi connectivity index (χ4n) is 1.87. The molecule has 0 radical (unpaired) electrons. The van der Waals surface area contributed by atoms with Gasteiger partial charge in [-0.2, -0.15) is 0 Å². The molecule has 1 aliphatic rings. The zero-order chi connectivity index (χ0) is 10.5. The Bertz CT molecular complexity index is 308. The van der Waals surface area contributed by atoms with Crippen molar-refractivity contribution in [2.75, 3.05) is 26.2 Å². The summed E-state index contributed by atoms with van der Waals surface area (Å²) in [6, 6.07) is 7.10. The molecule has 0 atom stereocenters. The summed E-state index contributed by atoms with van der Waals surface area (Å²) in [5, 5.41) is 9.46. The van der Waals surface area contributed by atoms with Crippen LogP contribution >= 0.6 is 0 Å². The summed E-state index contributed by atoms with van der Waals surface area (Å²) in [4.78, 5) is 2.39. The summed E-state index contributed by atoms with van der Waals surface area (Å²) in [7, 11) is 0. The molecule has 15 heavy (non-hydrogen) atoms. The lowest BCUT2D eigenvalue weighted by molar-refractivity contribution is 0.231. The number of hydrogen-bond acceptors (Lipinski definition) is 3. The van der Waals surface area contributed by atoms with Crippen LogP contribution in [-0.4, -0.2) is 36.2 Å². The summed E-state index contributed by atoms with van der Waals surface area (Å²) >= 11 is 0. The van der Waals surface area contributed by atoms with Crippen LogP contribution in [-0.2, 0) is 0 Å². The van der Waals surface area contributed by atoms with Gasteiger partial charge in [0.2, 0.25) is 0 Å². The molecule has 0 aliphatic carbocycles. The number of aromatic hydroxyl groups is 1. The van der Waals surface area contributed by atoms with E-state index in [0.717, 1.165) is 6.54 Å². The minimum Gasteiger partial charge on any atom is -0.504 e. The number of benzene rings is 1. The van der Waals surface area contributed by atoms with Gasteiger partial charge in [-0.15, -0.1) is 0 Å². The van der Waals surface area contributed by atoms with Crippen molar-refractivity contribution in [3.63, 3.8) is 0 Å². The number of para-hydroxylation sites is 2. The maximum atomic E-state index is 9.46. The number of nitrogens with zero attached hydrogens (tertiary/aromatic N) is 1. The SMILES string of the molecule is Oc1ccccc1OCCN1CCCC1. The van der Waals surface area contributed by atoms with Crippen molar-refractivity contribution in [3.8, 4) is 11.5 Å². The number of rotatable bonds is 4. The lowest BCUT2D eigenvalue weighted by atomic mass is 10.3. The van der Waals surface area contributed by atoms with E-state index in [1.165, 1.54) is 25.9 Å². The second-order valence-electron chi connectivity index (χ2n) is 3.86. The van der Waals surface area contributed by atoms with Gasteiger partial charge >= 0.3 is 0 Å². The molecule has 1 aromatic carbocycles. The summed E-state index contributed by atoms with van der Waals surface area (Å²) in [5.41, 5.74) is 0. The Morgan fingerprint density at radius 2 is 1.93 bits per heavy atom. The molecule has 0 spiro atoms. The fraction of sp³-hybridized carbons (Fsp3) is 0.500. The molecule has 1 aromatic rings. The van der Waals surface area contributed by atoms with Crippen molar-refractivity contribution in [2.24, 2.45) is 0 Å². The molecular weight excluding hydrogens is 190 g/mol. The standard InChI is InChI=1S/C12H17NO2/c14-11-5-1-2-6-12(11)15-10-9-13-7-3-4-8-13/h1-2,5-6,14H,3-4,7-10H2. The van der Waals surface area contributed by atoms with Crippen LogP contribution in [0.4, 0.5) is 0 Å². The topological polar surface area (TPSA) is 32.7 Å². The Morgan fingerprint density at radius 1 is 1.20 bits per heavy atom. The van der Waals surface area contributed by atoms with Crippen LogP contribution in [0.25, 0.3) is 0 Å². The number of ether oxygens (including phenoxy) is 1. The number of phenols is 1. The first-order valence-electron chi connectivity index (χ1n) is 5.49. The molecule has 1 aliphatic heterocycles. The Kier molecular flexibility index (Phi) is 3.45.